The average Bonchev–Trinajstić information content (AvgIpc) is 2.58. The normalized spacial score (nSPS) is 10.8. The number of hydrogen-bond donors (Lipinski definition) is 2. The van der Waals surface area contributed by atoms with Gasteiger partial charge in [0.25, 0.3) is 0 Å². The number of rotatable bonds is 2. The Labute approximate surface area is 98.4 Å². The van der Waals surface area contributed by atoms with Crippen LogP contribution in [0.3, 0.4) is 0 Å². The first-order valence-electron chi connectivity index (χ1n) is 5.10. The van der Waals surface area contributed by atoms with E-state index >= 15 is 0 Å². The van der Waals surface area contributed by atoms with Crippen molar-refractivity contribution in [2.75, 3.05) is 19.4 Å². The molecule has 1 aromatic carbocycles. The fraction of sp³-hybridized carbons (Fsp3) is 0.300. The molecular weight excluding hydrogens is 220 g/mol. The molecule has 0 saturated carbocycles. The molecule has 0 aliphatic rings. The molecule has 0 bridgehead atoms. The van der Waals surface area contributed by atoms with E-state index in [0.717, 1.165) is 11.0 Å². The number of carbonyl (C=O) groups excluding carboxylic acids is 1. The largest absolute Gasteiger partial charge is 0.333 e. The van der Waals surface area contributed by atoms with Crippen molar-refractivity contribution in [3.8, 4) is 0 Å². The lowest BCUT2D eigenvalue weighted by atomic mass is 10.3. The highest BCUT2D eigenvalue weighted by atomic mass is 16.2. The van der Waals surface area contributed by atoms with Crippen LogP contribution in [0.15, 0.2) is 18.2 Å². The first kappa shape index (κ1) is 11.3. The highest BCUT2D eigenvalue weighted by Crippen LogP contribution is 2.15. The van der Waals surface area contributed by atoms with Gasteiger partial charge in [-0.2, -0.15) is 0 Å². The molecule has 1 heterocycles. The van der Waals surface area contributed by atoms with E-state index in [0.29, 0.717) is 5.69 Å². The minimum Gasteiger partial charge on any atom is -0.307 e. The molecule has 0 unspecified atom stereocenters. The number of benzene rings is 1. The van der Waals surface area contributed by atoms with E-state index in [2.05, 4.69) is 21.1 Å². The van der Waals surface area contributed by atoms with Gasteiger partial charge in [-0.05, 0) is 18.2 Å². The molecule has 0 radical (unpaired) electrons. The summed E-state index contributed by atoms with van der Waals surface area (Å²) in [6.45, 7) is 0. The van der Waals surface area contributed by atoms with Crippen molar-refractivity contribution in [3.63, 3.8) is 0 Å². The summed E-state index contributed by atoms with van der Waals surface area (Å²) in [6.07, 6.45) is 0. The van der Waals surface area contributed by atoms with Gasteiger partial charge in [-0.1, -0.05) is 5.21 Å². The molecule has 2 N–H and O–H groups in total. The van der Waals surface area contributed by atoms with Gasteiger partial charge in [0.15, 0.2) is 0 Å². The second-order valence-electron chi connectivity index (χ2n) is 3.88. The lowest BCUT2D eigenvalue weighted by Crippen LogP contribution is -2.39. The molecule has 0 saturated heterocycles. The predicted octanol–water partition coefficient (Wildman–Crippen LogP) is 0.566. The number of urea groups is 1. The third kappa shape index (κ3) is 2.51. The maximum Gasteiger partial charge on any atom is 0.333 e. The van der Waals surface area contributed by atoms with Gasteiger partial charge in [0, 0.05) is 26.8 Å². The van der Waals surface area contributed by atoms with E-state index in [1.54, 1.807) is 35.9 Å². The standard InChI is InChI=1S/C10H14N6O/c1-15(2)13-10(17)11-7-4-5-9-8(6-7)12-14-16(9)3/h4-6H,1-3H3,(H2,11,13,17). The number of aromatic nitrogens is 3. The Kier molecular flexibility index (Phi) is 2.92. The summed E-state index contributed by atoms with van der Waals surface area (Å²) >= 11 is 0. The number of amides is 2. The molecule has 7 heteroatoms. The van der Waals surface area contributed by atoms with Crippen molar-refractivity contribution < 1.29 is 4.79 Å². The number of nitrogens with one attached hydrogen (secondary N) is 2. The highest BCUT2D eigenvalue weighted by molar-refractivity contribution is 5.91. The van der Waals surface area contributed by atoms with E-state index in [9.17, 15) is 4.79 Å². The fourth-order valence-corrected chi connectivity index (χ4v) is 1.48. The maximum atomic E-state index is 11.5. The molecule has 0 aliphatic carbocycles. The minimum absolute atomic E-state index is 0.293. The summed E-state index contributed by atoms with van der Waals surface area (Å²) in [7, 11) is 5.30. The second kappa shape index (κ2) is 4.38. The Morgan fingerprint density at radius 3 is 2.88 bits per heavy atom. The Bertz CT molecular complexity index is 547. The van der Waals surface area contributed by atoms with Crippen LogP contribution in [0, 0.1) is 0 Å². The van der Waals surface area contributed by atoms with Gasteiger partial charge in [0.1, 0.15) is 5.52 Å². The fourth-order valence-electron chi connectivity index (χ4n) is 1.48. The van der Waals surface area contributed by atoms with Crippen LogP contribution in [-0.4, -0.2) is 40.1 Å². The van der Waals surface area contributed by atoms with E-state index in [-0.39, 0.29) is 6.03 Å². The number of aryl methyl sites for hydroxylation is 1. The van der Waals surface area contributed by atoms with Crippen LogP contribution in [0.5, 0.6) is 0 Å². The van der Waals surface area contributed by atoms with Gasteiger partial charge in [0.2, 0.25) is 0 Å². The number of hydrogen-bond acceptors (Lipinski definition) is 4. The SMILES string of the molecule is CN(C)NC(=O)Nc1ccc2c(c1)nnn2C. The Balaban J connectivity index is 2.17. The molecule has 90 valence electrons. The zero-order chi connectivity index (χ0) is 12.4. The number of nitrogens with zero attached hydrogens (tertiary/aromatic N) is 4. The van der Waals surface area contributed by atoms with Gasteiger partial charge in [0.05, 0.1) is 5.52 Å². The third-order valence-corrected chi connectivity index (χ3v) is 2.19. The summed E-state index contributed by atoms with van der Waals surface area (Å²) in [6, 6.07) is 5.15. The summed E-state index contributed by atoms with van der Waals surface area (Å²) in [5.41, 5.74) is 4.93. The monoisotopic (exact) mass is 234 g/mol. The Morgan fingerprint density at radius 1 is 1.41 bits per heavy atom. The molecule has 17 heavy (non-hydrogen) atoms. The predicted molar refractivity (Wildman–Crippen MR) is 64.4 cm³/mol. The zero-order valence-electron chi connectivity index (χ0n) is 9.93. The van der Waals surface area contributed by atoms with Gasteiger partial charge >= 0.3 is 6.03 Å². The van der Waals surface area contributed by atoms with Gasteiger partial charge in [-0.3, -0.25) is 5.43 Å². The van der Waals surface area contributed by atoms with Crippen LogP contribution in [0.2, 0.25) is 0 Å². The quantitative estimate of drug-likeness (QED) is 0.745. The number of anilines is 1. The zero-order valence-corrected chi connectivity index (χ0v) is 9.93. The number of carbonyl (C=O) groups is 1. The van der Waals surface area contributed by atoms with Crippen molar-refractivity contribution in [1.29, 1.82) is 0 Å². The molecule has 7 nitrogen and oxygen atoms in total. The van der Waals surface area contributed by atoms with E-state index in [1.807, 2.05) is 13.1 Å². The third-order valence-electron chi connectivity index (χ3n) is 2.19. The molecule has 0 aliphatic heterocycles. The number of hydrazine groups is 1. The van der Waals surface area contributed by atoms with Crippen molar-refractivity contribution in [2.24, 2.45) is 7.05 Å². The first-order valence-corrected chi connectivity index (χ1v) is 5.10. The molecule has 0 spiro atoms. The lowest BCUT2D eigenvalue weighted by molar-refractivity contribution is 0.224. The average molecular weight is 234 g/mol. The van der Waals surface area contributed by atoms with Crippen LogP contribution in [0.4, 0.5) is 10.5 Å². The summed E-state index contributed by atoms with van der Waals surface area (Å²) < 4.78 is 1.68. The van der Waals surface area contributed by atoms with Crippen molar-refractivity contribution >= 4 is 22.8 Å². The topological polar surface area (TPSA) is 75.1 Å². The van der Waals surface area contributed by atoms with Crippen LogP contribution >= 0.6 is 0 Å². The van der Waals surface area contributed by atoms with E-state index < -0.39 is 0 Å². The summed E-state index contributed by atoms with van der Waals surface area (Å²) in [5.74, 6) is 0. The van der Waals surface area contributed by atoms with E-state index in [4.69, 9.17) is 0 Å². The summed E-state index contributed by atoms with van der Waals surface area (Å²) in [5, 5.41) is 12.1. The van der Waals surface area contributed by atoms with Gasteiger partial charge in [-0.25, -0.2) is 14.5 Å². The second-order valence-corrected chi connectivity index (χ2v) is 3.88. The lowest BCUT2D eigenvalue weighted by Gasteiger charge is -2.12. The molecule has 0 fully saturated rings. The van der Waals surface area contributed by atoms with E-state index in [1.165, 1.54) is 0 Å². The molecule has 2 rings (SSSR count). The van der Waals surface area contributed by atoms with Crippen LogP contribution in [0.1, 0.15) is 0 Å². The Morgan fingerprint density at radius 2 is 2.18 bits per heavy atom. The van der Waals surface area contributed by atoms with Gasteiger partial charge < -0.3 is 5.32 Å². The Hall–Kier alpha value is -2.15. The maximum absolute atomic E-state index is 11.5. The van der Waals surface area contributed by atoms with Crippen molar-refractivity contribution in [3.05, 3.63) is 18.2 Å². The smallest absolute Gasteiger partial charge is 0.307 e. The number of fused-ring (bicyclic) bond motifs is 1. The highest BCUT2D eigenvalue weighted by Gasteiger charge is 2.05. The van der Waals surface area contributed by atoms with Crippen molar-refractivity contribution in [2.45, 2.75) is 0 Å². The van der Waals surface area contributed by atoms with Crippen LogP contribution in [0.25, 0.3) is 11.0 Å². The summed E-state index contributed by atoms with van der Waals surface area (Å²) in [4.78, 5) is 11.5. The van der Waals surface area contributed by atoms with Crippen LogP contribution in [-0.2, 0) is 7.05 Å². The first-order chi connectivity index (χ1) is 8.06. The molecular formula is C10H14N6O. The van der Waals surface area contributed by atoms with Crippen LogP contribution < -0.4 is 10.7 Å². The van der Waals surface area contributed by atoms with Gasteiger partial charge in [-0.15, -0.1) is 5.10 Å². The van der Waals surface area contributed by atoms with Crippen molar-refractivity contribution in [1.82, 2.24) is 25.4 Å². The molecule has 2 amide bonds. The molecule has 2 aromatic rings. The minimum atomic E-state index is -0.293. The molecule has 1 aromatic heterocycles. The molecule has 0 atom stereocenters.